The van der Waals surface area contributed by atoms with Gasteiger partial charge in [-0.15, -0.1) is 0 Å². The minimum atomic E-state index is -0.502. The van der Waals surface area contributed by atoms with Crippen molar-refractivity contribution < 1.29 is 13.9 Å². The third-order valence-electron chi connectivity index (χ3n) is 2.84. The zero-order chi connectivity index (χ0) is 13.1. The Morgan fingerprint density at radius 3 is 2.67 bits per heavy atom. The lowest BCUT2D eigenvalue weighted by Crippen LogP contribution is -2.12. The molecule has 0 aliphatic carbocycles. The van der Waals surface area contributed by atoms with Gasteiger partial charge in [-0.3, -0.25) is 0 Å². The minimum absolute atomic E-state index is 0.163. The van der Waals surface area contributed by atoms with Crippen LogP contribution in [0.25, 0.3) is 0 Å². The number of hydrogen-bond donors (Lipinski definition) is 1. The van der Waals surface area contributed by atoms with Crippen molar-refractivity contribution in [1.82, 2.24) is 0 Å². The molecule has 2 N–H and O–H groups in total. The van der Waals surface area contributed by atoms with Crippen LogP contribution in [0.3, 0.4) is 0 Å². The van der Waals surface area contributed by atoms with Crippen molar-refractivity contribution in [2.75, 3.05) is 7.11 Å². The number of nitrogens with two attached hydrogens (primary N) is 1. The Morgan fingerprint density at radius 2 is 2.00 bits per heavy atom. The molecule has 0 aliphatic heterocycles. The molecule has 0 amide bonds. The second kappa shape index (κ2) is 5.06. The third kappa shape index (κ3) is 2.28. The van der Waals surface area contributed by atoms with Crippen LogP contribution in [0.4, 0.5) is 0 Å². The van der Waals surface area contributed by atoms with Crippen LogP contribution in [0.1, 0.15) is 33.5 Å². The second-order valence-electron chi connectivity index (χ2n) is 4.03. The van der Waals surface area contributed by atoms with Crippen LogP contribution in [0.5, 0.6) is 0 Å². The predicted molar refractivity (Wildman–Crippen MR) is 67.3 cm³/mol. The number of benzene rings is 1. The van der Waals surface area contributed by atoms with Gasteiger partial charge in [0.15, 0.2) is 0 Å². The first-order valence-corrected chi connectivity index (χ1v) is 5.62. The van der Waals surface area contributed by atoms with E-state index in [0.717, 1.165) is 11.1 Å². The van der Waals surface area contributed by atoms with Gasteiger partial charge in [0.2, 0.25) is 5.76 Å². The Morgan fingerprint density at radius 1 is 1.28 bits per heavy atom. The summed E-state index contributed by atoms with van der Waals surface area (Å²) in [6.07, 6.45) is 0. The Kier molecular flexibility index (Phi) is 3.48. The smallest absolute Gasteiger partial charge is 0.373 e. The van der Waals surface area contributed by atoms with E-state index in [4.69, 9.17) is 10.2 Å². The summed E-state index contributed by atoms with van der Waals surface area (Å²) >= 11 is 0. The van der Waals surface area contributed by atoms with Gasteiger partial charge in [-0.05, 0) is 30.2 Å². The Balaban J connectivity index is 2.29. The van der Waals surface area contributed by atoms with Crippen LogP contribution in [0, 0.1) is 6.92 Å². The van der Waals surface area contributed by atoms with Crippen molar-refractivity contribution in [3.05, 3.63) is 59.0 Å². The Hall–Kier alpha value is -2.07. The fourth-order valence-corrected chi connectivity index (χ4v) is 1.82. The summed E-state index contributed by atoms with van der Waals surface area (Å²) in [7, 11) is 1.31. The van der Waals surface area contributed by atoms with Gasteiger partial charge < -0.3 is 14.9 Å². The SMILES string of the molecule is COC(=O)c1ccc(C(N)c2ccccc2C)o1. The molecule has 1 aromatic carbocycles. The molecular weight excluding hydrogens is 230 g/mol. The monoisotopic (exact) mass is 245 g/mol. The van der Waals surface area contributed by atoms with E-state index < -0.39 is 5.97 Å². The van der Waals surface area contributed by atoms with E-state index in [1.54, 1.807) is 12.1 Å². The molecule has 2 aromatic rings. The van der Waals surface area contributed by atoms with Gasteiger partial charge in [0.05, 0.1) is 13.2 Å². The summed E-state index contributed by atoms with van der Waals surface area (Å²) in [6, 6.07) is 10.7. The fourth-order valence-electron chi connectivity index (χ4n) is 1.82. The molecule has 0 saturated carbocycles. The fraction of sp³-hybridized carbons (Fsp3) is 0.214. The van der Waals surface area contributed by atoms with Crippen LogP contribution in [0.15, 0.2) is 40.8 Å². The number of carbonyl (C=O) groups is 1. The lowest BCUT2D eigenvalue weighted by molar-refractivity contribution is 0.0562. The van der Waals surface area contributed by atoms with E-state index in [2.05, 4.69) is 4.74 Å². The van der Waals surface area contributed by atoms with E-state index in [9.17, 15) is 4.79 Å². The number of furan rings is 1. The van der Waals surface area contributed by atoms with E-state index in [0.29, 0.717) is 5.76 Å². The first-order chi connectivity index (χ1) is 8.63. The predicted octanol–water partition coefficient (Wildman–Crippen LogP) is 2.42. The zero-order valence-electron chi connectivity index (χ0n) is 10.3. The van der Waals surface area contributed by atoms with E-state index in [1.807, 2.05) is 31.2 Å². The van der Waals surface area contributed by atoms with Gasteiger partial charge in [0, 0.05) is 0 Å². The molecule has 0 fully saturated rings. The van der Waals surface area contributed by atoms with E-state index in [1.165, 1.54) is 7.11 Å². The quantitative estimate of drug-likeness (QED) is 0.843. The van der Waals surface area contributed by atoms with Crippen molar-refractivity contribution in [3.63, 3.8) is 0 Å². The maximum atomic E-state index is 11.3. The van der Waals surface area contributed by atoms with Crippen LogP contribution in [-0.4, -0.2) is 13.1 Å². The van der Waals surface area contributed by atoms with E-state index >= 15 is 0 Å². The first-order valence-electron chi connectivity index (χ1n) is 5.62. The van der Waals surface area contributed by atoms with Crippen LogP contribution in [0.2, 0.25) is 0 Å². The molecule has 0 saturated heterocycles. The highest BCUT2D eigenvalue weighted by atomic mass is 16.5. The molecule has 1 heterocycles. The first kappa shape index (κ1) is 12.4. The van der Waals surface area contributed by atoms with Crippen LogP contribution < -0.4 is 5.73 Å². The van der Waals surface area contributed by atoms with Crippen molar-refractivity contribution in [2.45, 2.75) is 13.0 Å². The Bertz CT molecular complexity index is 560. The van der Waals surface area contributed by atoms with Crippen molar-refractivity contribution in [3.8, 4) is 0 Å². The lowest BCUT2D eigenvalue weighted by Gasteiger charge is -2.11. The molecule has 2 rings (SSSR count). The number of rotatable bonds is 3. The molecule has 1 unspecified atom stereocenters. The number of ether oxygens (including phenoxy) is 1. The van der Waals surface area contributed by atoms with Gasteiger partial charge in [-0.25, -0.2) is 4.79 Å². The molecule has 4 nitrogen and oxygen atoms in total. The molecule has 18 heavy (non-hydrogen) atoms. The van der Waals surface area contributed by atoms with Crippen molar-refractivity contribution in [2.24, 2.45) is 5.73 Å². The van der Waals surface area contributed by atoms with Crippen LogP contribution >= 0.6 is 0 Å². The van der Waals surface area contributed by atoms with Gasteiger partial charge in [0.1, 0.15) is 5.76 Å². The average Bonchev–Trinajstić information content (AvgIpc) is 2.87. The second-order valence-corrected chi connectivity index (χ2v) is 4.03. The zero-order valence-corrected chi connectivity index (χ0v) is 10.3. The summed E-state index contributed by atoms with van der Waals surface area (Å²) in [5.74, 6) is 0.208. The summed E-state index contributed by atoms with van der Waals surface area (Å²) in [4.78, 5) is 11.3. The summed E-state index contributed by atoms with van der Waals surface area (Å²) in [6.45, 7) is 1.99. The standard InChI is InChI=1S/C14H15NO3/c1-9-5-3-4-6-10(9)13(15)11-7-8-12(18-11)14(16)17-2/h3-8,13H,15H2,1-2H3. The highest BCUT2D eigenvalue weighted by molar-refractivity contribution is 5.86. The van der Waals surface area contributed by atoms with Gasteiger partial charge in [-0.2, -0.15) is 0 Å². The Labute approximate surface area is 105 Å². The highest BCUT2D eigenvalue weighted by Crippen LogP contribution is 2.24. The summed E-state index contributed by atoms with van der Waals surface area (Å²) < 4.78 is 9.99. The molecular formula is C14H15NO3. The molecule has 0 radical (unpaired) electrons. The maximum Gasteiger partial charge on any atom is 0.373 e. The number of aryl methyl sites for hydroxylation is 1. The molecule has 4 heteroatoms. The lowest BCUT2D eigenvalue weighted by atomic mass is 10.0. The molecule has 0 aliphatic rings. The maximum absolute atomic E-state index is 11.3. The largest absolute Gasteiger partial charge is 0.463 e. The van der Waals surface area contributed by atoms with Crippen LogP contribution in [-0.2, 0) is 4.74 Å². The van der Waals surface area contributed by atoms with E-state index in [-0.39, 0.29) is 11.8 Å². The number of hydrogen-bond acceptors (Lipinski definition) is 4. The highest BCUT2D eigenvalue weighted by Gasteiger charge is 2.17. The van der Waals surface area contributed by atoms with Crippen molar-refractivity contribution >= 4 is 5.97 Å². The summed E-state index contributed by atoms with van der Waals surface area (Å²) in [5.41, 5.74) is 8.19. The van der Waals surface area contributed by atoms with Gasteiger partial charge >= 0.3 is 5.97 Å². The molecule has 1 aromatic heterocycles. The van der Waals surface area contributed by atoms with Gasteiger partial charge in [-0.1, -0.05) is 24.3 Å². The topological polar surface area (TPSA) is 65.5 Å². The molecule has 94 valence electrons. The number of esters is 1. The average molecular weight is 245 g/mol. The number of methoxy groups -OCH3 is 1. The van der Waals surface area contributed by atoms with Gasteiger partial charge in [0.25, 0.3) is 0 Å². The van der Waals surface area contributed by atoms with Crippen molar-refractivity contribution in [1.29, 1.82) is 0 Å². The minimum Gasteiger partial charge on any atom is -0.463 e. The normalized spacial score (nSPS) is 12.2. The molecule has 0 spiro atoms. The molecule has 0 bridgehead atoms. The number of carbonyl (C=O) groups excluding carboxylic acids is 1. The third-order valence-corrected chi connectivity index (χ3v) is 2.84. The molecule has 1 atom stereocenters. The summed E-state index contributed by atoms with van der Waals surface area (Å²) in [5, 5.41) is 0.